The van der Waals surface area contributed by atoms with Crippen LogP contribution in [0.4, 0.5) is 5.82 Å². The predicted octanol–water partition coefficient (Wildman–Crippen LogP) is 4.36. The minimum atomic E-state index is 0.527. The smallest absolute Gasteiger partial charge is 0.141 e. The largest absolute Gasteiger partial charge is 0.383 e. The number of nitrogen functional groups attached to an aromatic ring is 1. The third kappa shape index (κ3) is 2.78. The van der Waals surface area contributed by atoms with Crippen molar-refractivity contribution in [1.82, 2.24) is 15.0 Å². The summed E-state index contributed by atoms with van der Waals surface area (Å²) in [6.07, 6.45) is 0. The van der Waals surface area contributed by atoms with Gasteiger partial charge in [0.1, 0.15) is 11.6 Å². The zero-order valence-electron chi connectivity index (χ0n) is 13.2. The molecule has 0 atom stereocenters. The van der Waals surface area contributed by atoms with E-state index in [1.807, 2.05) is 42.5 Å². The molecule has 2 N–H and O–H groups in total. The van der Waals surface area contributed by atoms with Gasteiger partial charge in [0.15, 0.2) is 0 Å². The summed E-state index contributed by atoms with van der Waals surface area (Å²) in [4.78, 5) is 13.7. The molecule has 2 aromatic carbocycles. The lowest BCUT2D eigenvalue weighted by atomic mass is 10.1. The highest BCUT2D eigenvalue weighted by Crippen LogP contribution is 2.26. The zero-order valence-corrected chi connectivity index (χ0v) is 14.0. The lowest BCUT2D eigenvalue weighted by Gasteiger charge is -2.07. The van der Waals surface area contributed by atoms with Crippen molar-refractivity contribution in [3.63, 3.8) is 0 Å². The van der Waals surface area contributed by atoms with Crippen molar-refractivity contribution in [2.45, 2.75) is 17.7 Å². The standard InChI is InChI=1S/C19H16N4S/c1-12-10-18(22-15-8-4-2-6-13(12)15)24-11-17-21-16-9-5-3-7-14(16)19(20)23-17/h2-10H,11H2,1H3,(H2,20,21,23). The molecule has 0 spiro atoms. The van der Waals surface area contributed by atoms with E-state index in [0.717, 1.165) is 27.3 Å². The molecule has 118 valence electrons. The van der Waals surface area contributed by atoms with Crippen LogP contribution >= 0.6 is 11.8 Å². The van der Waals surface area contributed by atoms with Crippen molar-refractivity contribution in [2.24, 2.45) is 0 Å². The van der Waals surface area contributed by atoms with Gasteiger partial charge in [0, 0.05) is 10.8 Å². The molecule has 4 nitrogen and oxygen atoms in total. The highest BCUT2D eigenvalue weighted by Gasteiger charge is 2.07. The molecule has 0 saturated carbocycles. The summed E-state index contributed by atoms with van der Waals surface area (Å²) in [5.41, 5.74) is 9.16. The van der Waals surface area contributed by atoms with E-state index in [0.29, 0.717) is 11.6 Å². The number of para-hydroxylation sites is 2. The number of aryl methyl sites for hydroxylation is 1. The van der Waals surface area contributed by atoms with Crippen LogP contribution in [0.25, 0.3) is 21.8 Å². The van der Waals surface area contributed by atoms with Crippen LogP contribution in [0.1, 0.15) is 11.4 Å². The van der Waals surface area contributed by atoms with E-state index in [9.17, 15) is 0 Å². The molecule has 5 heteroatoms. The first kappa shape index (κ1) is 14.9. The molecular weight excluding hydrogens is 316 g/mol. The Morgan fingerprint density at radius 1 is 0.875 bits per heavy atom. The summed E-state index contributed by atoms with van der Waals surface area (Å²) in [6.45, 7) is 2.11. The second kappa shape index (κ2) is 6.09. The Morgan fingerprint density at radius 2 is 1.54 bits per heavy atom. The van der Waals surface area contributed by atoms with Crippen LogP contribution in [0.5, 0.6) is 0 Å². The van der Waals surface area contributed by atoms with Crippen molar-refractivity contribution >= 4 is 39.4 Å². The summed E-state index contributed by atoms with van der Waals surface area (Å²) in [5.74, 6) is 1.89. The number of nitrogens with two attached hydrogens (primary N) is 1. The molecule has 0 bridgehead atoms. The third-order valence-corrected chi connectivity index (χ3v) is 4.84. The van der Waals surface area contributed by atoms with E-state index in [2.05, 4.69) is 29.0 Å². The first-order valence-electron chi connectivity index (χ1n) is 7.71. The summed E-state index contributed by atoms with van der Waals surface area (Å²) in [7, 11) is 0. The number of aromatic nitrogens is 3. The van der Waals surface area contributed by atoms with Crippen LogP contribution in [0.3, 0.4) is 0 Å². The maximum absolute atomic E-state index is 6.05. The molecule has 0 fully saturated rings. The summed E-state index contributed by atoms with van der Waals surface area (Å²) in [6, 6.07) is 18.1. The van der Waals surface area contributed by atoms with Gasteiger partial charge in [-0.2, -0.15) is 0 Å². The lowest BCUT2D eigenvalue weighted by molar-refractivity contribution is 1.07. The van der Waals surface area contributed by atoms with Gasteiger partial charge < -0.3 is 5.73 Å². The van der Waals surface area contributed by atoms with Gasteiger partial charge in [0.2, 0.25) is 0 Å². The maximum atomic E-state index is 6.05. The molecule has 4 rings (SSSR count). The van der Waals surface area contributed by atoms with Gasteiger partial charge >= 0.3 is 0 Å². The molecule has 0 unspecified atom stereocenters. The number of anilines is 1. The van der Waals surface area contributed by atoms with E-state index in [-0.39, 0.29) is 0 Å². The van der Waals surface area contributed by atoms with E-state index in [1.165, 1.54) is 10.9 Å². The molecule has 0 aliphatic carbocycles. The molecule has 2 aromatic heterocycles. The number of rotatable bonds is 3. The highest BCUT2D eigenvalue weighted by molar-refractivity contribution is 7.98. The van der Waals surface area contributed by atoms with E-state index in [4.69, 9.17) is 10.7 Å². The summed E-state index contributed by atoms with van der Waals surface area (Å²) in [5, 5.41) is 3.06. The molecule has 0 saturated heterocycles. The maximum Gasteiger partial charge on any atom is 0.141 e. The Morgan fingerprint density at radius 3 is 2.33 bits per heavy atom. The number of pyridine rings is 1. The predicted molar refractivity (Wildman–Crippen MR) is 100.0 cm³/mol. The Kier molecular flexibility index (Phi) is 3.78. The minimum absolute atomic E-state index is 0.527. The van der Waals surface area contributed by atoms with Gasteiger partial charge in [-0.25, -0.2) is 15.0 Å². The van der Waals surface area contributed by atoms with Crippen LogP contribution in [-0.4, -0.2) is 15.0 Å². The number of benzene rings is 2. The van der Waals surface area contributed by atoms with Gasteiger partial charge in [0.05, 0.1) is 21.8 Å². The fourth-order valence-corrected chi connectivity index (χ4v) is 3.58. The first-order valence-corrected chi connectivity index (χ1v) is 8.69. The SMILES string of the molecule is Cc1cc(SCc2nc(N)c3ccccc3n2)nc2ccccc12. The normalized spacial score (nSPS) is 11.2. The van der Waals surface area contributed by atoms with E-state index in [1.54, 1.807) is 11.8 Å². The fraction of sp³-hybridized carbons (Fsp3) is 0.105. The second-order valence-electron chi connectivity index (χ2n) is 5.63. The molecule has 4 aromatic rings. The Balaban J connectivity index is 1.63. The second-order valence-corrected chi connectivity index (χ2v) is 6.62. The average Bonchev–Trinajstić information content (AvgIpc) is 2.60. The molecule has 0 amide bonds. The van der Waals surface area contributed by atoms with Crippen molar-refractivity contribution in [3.05, 3.63) is 66.0 Å². The van der Waals surface area contributed by atoms with Crippen LogP contribution in [0.15, 0.2) is 59.6 Å². The Hall–Kier alpha value is -2.66. The van der Waals surface area contributed by atoms with Crippen LogP contribution < -0.4 is 5.73 Å². The average molecular weight is 332 g/mol. The molecule has 2 heterocycles. The van der Waals surface area contributed by atoms with Crippen LogP contribution in [0, 0.1) is 6.92 Å². The molecule has 0 radical (unpaired) electrons. The van der Waals surface area contributed by atoms with E-state index >= 15 is 0 Å². The quantitative estimate of drug-likeness (QED) is 0.565. The van der Waals surface area contributed by atoms with Crippen molar-refractivity contribution in [1.29, 1.82) is 0 Å². The number of thioether (sulfide) groups is 1. The molecule has 0 aliphatic rings. The minimum Gasteiger partial charge on any atom is -0.383 e. The topological polar surface area (TPSA) is 64.7 Å². The number of nitrogens with zero attached hydrogens (tertiary/aromatic N) is 3. The van der Waals surface area contributed by atoms with Gasteiger partial charge in [-0.05, 0) is 36.8 Å². The van der Waals surface area contributed by atoms with Crippen molar-refractivity contribution in [2.75, 3.05) is 5.73 Å². The Labute approximate surface area is 144 Å². The Bertz CT molecular complexity index is 961. The van der Waals surface area contributed by atoms with Crippen LogP contribution in [0.2, 0.25) is 0 Å². The number of fused-ring (bicyclic) bond motifs is 2. The monoisotopic (exact) mass is 332 g/mol. The fourth-order valence-electron chi connectivity index (χ4n) is 2.75. The highest BCUT2D eigenvalue weighted by atomic mass is 32.2. The van der Waals surface area contributed by atoms with Gasteiger partial charge in [-0.15, -0.1) is 0 Å². The van der Waals surface area contributed by atoms with Gasteiger partial charge in [0.25, 0.3) is 0 Å². The van der Waals surface area contributed by atoms with Crippen molar-refractivity contribution in [3.8, 4) is 0 Å². The lowest BCUT2D eigenvalue weighted by Crippen LogP contribution is -2.00. The summed E-state index contributed by atoms with van der Waals surface area (Å²) >= 11 is 1.63. The van der Waals surface area contributed by atoms with Crippen molar-refractivity contribution < 1.29 is 0 Å². The van der Waals surface area contributed by atoms with Gasteiger partial charge in [-0.3, -0.25) is 0 Å². The third-order valence-electron chi connectivity index (χ3n) is 3.93. The number of hydrogen-bond donors (Lipinski definition) is 1. The van der Waals surface area contributed by atoms with Gasteiger partial charge in [-0.1, -0.05) is 42.1 Å². The molecular formula is C19H16N4S. The zero-order chi connectivity index (χ0) is 16.5. The summed E-state index contributed by atoms with van der Waals surface area (Å²) < 4.78 is 0. The number of hydrogen-bond acceptors (Lipinski definition) is 5. The first-order chi connectivity index (χ1) is 11.7. The molecule has 0 aliphatic heterocycles. The van der Waals surface area contributed by atoms with E-state index < -0.39 is 0 Å². The van der Waals surface area contributed by atoms with Crippen LogP contribution in [-0.2, 0) is 5.75 Å². The molecule has 24 heavy (non-hydrogen) atoms.